The van der Waals surface area contributed by atoms with Gasteiger partial charge in [-0.1, -0.05) is 49.2 Å². The van der Waals surface area contributed by atoms with Gasteiger partial charge < -0.3 is 24.9 Å². The highest BCUT2D eigenvalue weighted by atomic mass is 19.3. The minimum atomic E-state index is -2.99. The van der Waals surface area contributed by atoms with E-state index in [1.807, 2.05) is 0 Å². The van der Waals surface area contributed by atoms with Crippen molar-refractivity contribution in [1.29, 1.82) is 0 Å². The summed E-state index contributed by atoms with van der Waals surface area (Å²) < 4.78 is 33.2. The van der Waals surface area contributed by atoms with Gasteiger partial charge in [-0.05, 0) is 37.1 Å². The van der Waals surface area contributed by atoms with Crippen LogP contribution >= 0.6 is 0 Å². The van der Waals surface area contributed by atoms with E-state index in [0.29, 0.717) is 37.0 Å². The van der Waals surface area contributed by atoms with Crippen LogP contribution < -0.4 is 10.9 Å². The number of phenols is 1. The highest BCUT2D eigenvalue weighted by Gasteiger charge is 2.31. The van der Waals surface area contributed by atoms with Gasteiger partial charge in [0.05, 0.1) is 11.4 Å². The number of aromatic amines is 1. The molecule has 0 fully saturated rings. The van der Waals surface area contributed by atoms with Crippen molar-refractivity contribution < 1.29 is 23.4 Å². The molecule has 2 aromatic carbocycles. The van der Waals surface area contributed by atoms with Gasteiger partial charge >= 0.3 is 0 Å². The summed E-state index contributed by atoms with van der Waals surface area (Å²) >= 11 is 0. The fraction of sp³-hybridized carbons (Fsp3) is 0.385. The van der Waals surface area contributed by atoms with E-state index in [1.165, 1.54) is 24.3 Å². The van der Waals surface area contributed by atoms with Crippen molar-refractivity contribution in [2.45, 2.75) is 37.5 Å². The van der Waals surface area contributed by atoms with Crippen molar-refractivity contribution in [2.24, 2.45) is 0 Å². The molecule has 0 saturated heterocycles. The van der Waals surface area contributed by atoms with E-state index in [0.717, 1.165) is 31.1 Å². The fourth-order valence-corrected chi connectivity index (χ4v) is 3.84. The second-order valence-electron chi connectivity index (χ2n) is 8.27. The Labute approximate surface area is 197 Å². The van der Waals surface area contributed by atoms with Crippen LogP contribution in [0, 0.1) is 0 Å². The van der Waals surface area contributed by atoms with Gasteiger partial charge in [-0.2, -0.15) is 8.78 Å². The number of nitrogens with one attached hydrogen (secondary N) is 2. The molecule has 0 radical (unpaired) electrons. The number of H-pyrrole nitrogens is 1. The van der Waals surface area contributed by atoms with E-state index >= 15 is 0 Å². The van der Waals surface area contributed by atoms with Crippen molar-refractivity contribution in [3.8, 4) is 5.75 Å². The topological polar surface area (TPSA) is 91.4 Å². The average Bonchev–Trinajstić information content (AvgIpc) is 2.84. The van der Waals surface area contributed by atoms with Gasteiger partial charge in [0, 0.05) is 30.2 Å². The van der Waals surface area contributed by atoms with Crippen molar-refractivity contribution in [1.82, 2.24) is 10.3 Å². The highest BCUT2D eigenvalue weighted by molar-refractivity contribution is 5.89. The number of hydrogen-bond donors (Lipinski definition) is 3. The number of benzene rings is 2. The molecule has 0 bridgehead atoms. The Morgan fingerprint density at radius 1 is 1.03 bits per heavy atom. The molecule has 3 rings (SSSR count). The number of hydrogen-bond acceptors (Lipinski definition) is 5. The Balaban J connectivity index is 1.33. The minimum absolute atomic E-state index is 0.0386. The van der Waals surface area contributed by atoms with Gasteiger partial charge in [0.2, 0.25) is 5.56 Å². The van der Waals surface area contributed by atoms with E-state index in [-0.39, 0.29) is 16.9 Å². The molecule has 0 aliphatic rings. The van der Waals surface area contributed by atoms with Crippen molar-refractivity contribution in [3.05, 3.63) is 76.1 Å². The van der Waals surface area contributed by atoms with Crippen LogP contribution in [0.5, 0.6) is 5.75 Å². The Morgan fingerprint density at radius 3 is 2.56 bits per heavy atom. The predicted octanol–water partition coefficient (Wildman–Crippen LogP) is 4.47. The number of fused-ring (bicyclic) bond motifs is 1. The Morgan fingerprint density at radius 2 is 1.79 bits per heavy atom. The molecule has 8 heteroatoms. The summed E-state index contributed by atoms with van der Waals surface area (Å²) in [6.07, 6.45) is 4.23. The Bertz CT molecular complexity index is 1120. The molecule has 3 N–H and O–H groups in total. The lowest BCUT2D eigenvalue weighted by atomic mass is 9.95. The van der Waals surface area contributed by atoms with Gasteiger partial charge in [0.25, 0.3) is 5.92 Å². The zero-order chi connectivity index (χ0) is 24.4. The number of aromatic hydroxyl groups is 1. The zero-order valence-corrected chi connectivity index (χ0v) is 18.9. The van der Waals surface area contributed by atoms with Crippen LogP contribution in [0.25, 0.3) is 10.9 Å². The number of rotatable bonds is 14. The Kier molecular flexibility index (Phi) is 9.30. The quantitative estimate of drug-likeness (QED) is 0.238. The third-order valence-electron chi connectivity index (χ3n) is 5.71. The summed E-state index contributed by atoms with van der Waals surface area (Å²) in [6, 6.07) is 13.8. The fourth-order valence-electron chi connectivity index (χ4n) is 3.84. The first kappa shape index (κ1) is 25.5. The predicted molar refractivity (Wildman–Crippen MR) is 128 cm³/mol. The van der Waals surface area contributed by atoms with E-state index in [2.05, 4.69) is 10.3 Å². The first-order valence-corrected chi connectivity index (χ1v) is 11.4. The number of unbranched alkanes of at least 4 members (excludes halogenated alkanes) is 3. The van der Waals surface area contributed by atoms with E-state index < -0.39 is 18.4 Å². The number of halogens is 2. The lowest BCUT2D eigenvalue weighted by Crippen LogP contribution is -2.24. The standard InChI is InChI=1S/C26H30F2N2O4/c27-26(28,20-8-4-3-5-9-20)18-34-15-7-2-1-6-14-29-16-19(17-31)21-10-12-23(32)25-22(21)11-13-24(33)30-25/h3-5,8-13,17,19,29,32H,1-2,6-7,14-16,18H2,(H,30,33). The van der Waals surface area contributed by atoms with Crippen LogP contribution in [0.1, 0.15) is 42.7 Å². The lowest BCUT2D eigenvalue weighted by Gasteiger charge is -2.16. The maximum atomic E-state index is 14.0. The number of alkyl halides is 2. The summed E-state index contributed by atoms with van der Waals surface area (Å²) in [5.41, 5.74) is 0.691. The lowest BCUT2D eigenvalue weighted by molar-refractivity contribution is -0.109. The number of aldehydes is 1. The van der Waals surface area contributed by atoms with Crippen LogP contribution in [-0.4, -0.2) is 42.7 Å². The monoisotopic (exact) mass is 472 g/mol. The number of ether oxygens (including phenoxy) is 1. The van der Waals surface area contributed by atoms with Crippen molar-refractivity contribution in [2.75, 3.05) is 26.3 Å². The highest BCUT2D eigenvalue weighted by Crippen LogP contribution is 2.29. The third kappa shape index (κ3) is 6.95. The number of pyridine rings is 1. The molecular weight excluding hydrogens is 442 g/mol. The molecule has 1 atom stereocenters. The first-order valence-electron chi connectivity index (χ1n) is 11.4. The second-order valence-corrected chi connectivity index (χ2v) is 8.27. The molecule has 1 unspecified atom stereocenters. The molecule has 0 aliphatic carbocycles. The molecule has 0 spiro atoms. The molecule has 3 aromatic rings. The normalized spacial score (nSPS) is 12.6. The van der Waals surface area contributed by atoms with Gasteiger partial charge in [-0.15, -0.1) is 0 Å². The second kappa shape index (κ2) is 12.4. The summed E-state index contributed by atoms with van der Waals surface area (Å²) in [5, 5.41) is 13.9. The van der Waals surface area contributed by atoms with Gasteiger partial charge in [-0.25, -0.2) is 0 Å². The smallest absolute Gasteiger partial charge is 0.296 e. The number of carbonyl (C=O) groups excluding carboxylic acids is 1. The van der Waals surface area contributed by atoms with E-state index in [4.69, 9.17) is 4.74 Å². The van der Waals surface area contributed by atoms with Crippen LogP contribution in [0.4, 0.5) is 8.78 Å². The largest absolute Gasteiger partial charge is 0.506 e. The van der Waals surface area contributed by atoms with E-state index in [9.17, 15) is 23.5 Å². The summed E-state index contributed by atoms with van der Waals surface area (Å²) in [6.45, 7) is 0.814. The third-order valence-corrected chi connectivity index (χ3v) is 5.71. The maximum Gasteiger partial charge on any atom is 0.296 e. The first-order chi connectivity index (χ1) is 16.4. The number of phenolic OH excluding ortho intramolecular Hbond substituents is 1. The van der Waals surface area contributed by atoms with Crippen LogP contribution in [0.15, 0.2) is 59.4 Å². The number of carbonyl (C=O) groups is 1. The summed E-state index contributed by atoms with van der Waals surface area (Å²) in [7, 11) is 0. The molecule has 0 saturated carbocycles. The zero-order valence-electron chi connectivity index (χ0n) is 18.9. The SMILES string of the molecule is O=CC(CNCCCCCCOCC(F)(F)c1ccccc1)c1ccc(O)c2[nH]c(=O)ccc12. The number of aromatic nitrogens is 1. The van der Waals surface area contributed by atoms with Crippen molar-refractivity contribution >= 4 is 17.2 Å². The maximum absolute atomic E-state index is 14.0. The molecule has 1 heterocycles. The van der Waals surface area contributed by atoms with Gasteiger partial charge in [-0.3, -0.25) is 4.79 Å². The van der Waals surface area contributed by atoms with Crippen LogP contribution in [-0.2, 0) is 15.5 Å². The Hall–Kier alpha value is -3.10. The van der Waals surface area contributed by atoms with Crippen LogP contribution in [0.2, 0.25) is 0 Å². The molecule has 6 nitrogen and oxygen atoms in total. The molecule has 182 valence electrons. The van der Waals surface area contributed by atoms with Gasteiger partial charge in [0.15, 0.2) is 0 Å². The minimum Gasteiger partial charge on any atom is -0.506 e. The van der Waals surface area contributed by atoms with E-state index in [1.54, 1.807) is 30.3 Å². The molecular formula is C26H30F2N2O4. The van der Waals surface area contributed by atoms with Gasteiger partial charge in [0.1, 0.15) is 18.6 Å². The molecule has 0 amide bonds. The summed E-state index contributed by atoms with van der Waals surface area (Å²) in [4.78, 5) is 25.8. The molecule has 34 heavy (non-hydrogen) atoms. The van der Waals surface area contributed by atoms with Crippen molar-refractivity contribution in [3.63, 3.8) is 0 Å². The van der Waals surface area contributed by atoms with Crippen LogP contribution in [0.3, 0.4) is 0 Å². The summed E-state index contributed by atoms with van der Waals surface area (Å²) in [5.74, 6) is -3.45. The molecule has 1 aromatic heterocycles. The molecule has 0 aliphatic heterocycles. The average molecular weight is 473 g/mol.